The van der Waals surface area contributed by atoms with Crippen LogP contribution in [0.5, 0.6) is 0 Å². The van der Waals surface area contributed by atoms with Crippen LogP contribution in [0.15, 0.2) is 0 Å². The van der Waals surface area contributed by atoms with E-state index >= 15 is 0 Å². The standard InChI is InChI=1S/C13H28/c1-7-11(5)13(8-2)9-12(6)10(3)4/h10-13H,7-9H2,1-6H3. The van der Waals surface area contributed by atoms with Crippen LogP contribution < -0.4 is 0 Å². The zero-order chi connectivity index (χ0) is 10.4. The molecule has 0 nitrogen and oxygen atoms in total. The lowest BCUT2D eigenvalue weighted by atomic mass is 9.80. The first-order chi connectivity index (χ1) is 6.02. The minimum absolute atomic E-state index is 0.845. The highest BCUT2D eigenvalue weighted by Gasteiger charge is 2.18. The second kappa shape index (κ2) is 6.45. The fourth-order valence-electron chi connectivity index (χ4n) is 1.88. The van der Waals surface area contributed by atoms with E-state index in [4.69, 9.17) is 0 Å². The molecule has 0 heteroatoms. The SMILES string of the molecule is CCC(C)C(CC)CC(C)C(C)C. The van der Waals surface area contributed by atoms with Gasteiger partial charge in [0.1, 0.15) is 0 Å². The molecule has 0 heterocycles. The first kappa shape index (κ1) is 13.0. The Morgan fingerprint density at radius 3 is 1.62 bits per heavy atom. The average Bonchev–Trinajstić information content (AvgIpc) is 2.12. The van der Waals surface area contributed by atoms with Crippen molar-refractivity contribution < 1.29 is 0 Å². The highest BCUT2D eigenvalue weighted by Crippen LogP contribution is 2.28. The van der Waals surface area contributed by atoms with E-state index in [0.29, 0.717) is 0 Å². The van der Waals surface area contributed by atoms with Gasteiger partial charge in [0.05, 0.1) is 0 Å². The molecule has 0 rings (SSSR count). The minimum Gasteiger partial charge on any atom is -0.0651 e. The molecule has 13 heavy (non-hydrogen) atoms. The second-order valence-electron chi connectivity index (χ2n) is 5.01. The van der Waals surface area contributed by atoms with Crippen molar-refractivity contribution in [3.05, 3.63) is 0 Å². The number of rotatable bonds is 6. The van der Waals surface area contributed by atoms with Crippen molar-refractivity contribution in [3.8, 4) is 0 Å². The summed E-state index contributed by atoms with van der Waals surface area (Å²) in [5.41, 5.74) is 0. The van der Waals surface area contributed by atoms with Gasteiger partial charge >= 0.3 is 0 Å². The van der Waals surface area contributed by atoms with Crippen LogP contribution in [0.4, 0.5) is 0 Å². The van der Waals surface area contributed by atoms with Crippen molar-refractivity contribution in [1.29, 1.82) is 0 Å². The third-order valence-electron chi connectivity index (χ3n) is 3.79. The maximum absolute atomic E-state index is 2.40. The largest absolute Gasteiger partial charge is 0.0651 e. The lowest BCUT2D eigenvalue weighted by Crippen LogP contribution is -2.16. The first-order valence-electron chi connectivity index (χ1n) is 6.02. The van der Waals surface area contributed by atoms with E-state index in [2.05, 4.69) is 41.5 Å². The molecule has 0 aliphatic rings. The highest BCUT2D eigenvalue weighted by atomic mass is 14.2. The number of hydrogen-bond acceptors (Lipinski definition) is 0. The zero-order valence-corrected chi connectivity index (χ0v) is 10.4. The summed E-state index contributed by atoms with van der Waals surface area (Å²) in [5.74, 6) is 3.59. The fraction of sp³-hybridized carbons (Fsp3) is 1.00. The Bertz CT molecular complexity index is 115. The van der Waals surface area contributed by atoms with E-state index in [1.54, 1.807) is 0 Å². The number of hydrogen-bond donors (Lipinski definition) is 0. The minimum atomic E-state index is 0.845. The molecule has 0 spiro atoms. The van der Waals surface area contributed by atoms with Crippen LogP contribution in [-0.4, -0.2) is 0 Å². The van der Waals surface area contributed by atoms with Gasteiger partial charge in [-0.2, -0.15) is 0 Å². The molecular weight excluding hydrogens is 156 g/mol. The predicted octanol–water partition coefficient (Wildman–Crippen LogP) is 4.74. The monoisotopic (exact) mass is 184 g/mol. The van der Waals surface area contributed by atoms with E-state index in [9.17, 15) is 0 Å². The Morgan fingerprint density at radius 2 is 1.31 bits per heavy atom. The van der Waals surface area contributed by atoms with Gasteiger partial charge in [0.2, 0.25) is 0 Å². The highest BCUT2D eigenvalue weighted by molar-refractivity contribution is 4.69. The van der Waals surface area contributed by atoms with E-state index in [1.165, 1.54) is 19.3 Å². The molecule has 0 saturated heterocycles. The van der Waals surface area contributed by atoms with E-state index in [0.717, 1.165) is 23.7 Å². The van der Waals surface area contributed by atoms with Crippen LogP contribution >= 0.6 is 0 Å². The van der Waals surface area contributed by atoms with Crippen LogP contribution in [0, 0.1) is 23.7 Å². The molecule has 0 aliphatic carbocycles. The summed E-state index contributed by atoms with van der Waals surface area (Å²) < 4.78 is 0. The van der Waals surface area contributed by atoms with Crippen LogP contribution in [0.3, 0.4) is 0 Å². The summed E-state index contributed by atoms with van der Waals surface area (Å²) in [6, 6.07) is 0. The molecule has 0 aliphatic heterocycles. The summed E-state index contributed by atoms with van der Waals surface area (Å²) in [5, 5.41) is 0. The van der Waals surface area contributed by atoms with Gasteiger partial charge in [-0.25, -0.2) is 0 Å². The van der Waals surface area contributed by atoms with Gasteiger partial charge in [-0.15, -0.1) is 0 Å². The Morgan fingerprint density at radius 1 is 0.769 bits per heavy atom. The average molecular weight is 184 g/mol. The summed E-state index contributed by atoms with van der Waals surface area (Å²) in [6.07, 6.45) is 4.11. The van der Waals surface area contributed by atoms with Crippen LogP contribution in [0.25, 0.3) is 0 Å². The Labute approximate surface area is 85.1 Å². The van der Waals surface area contributed by atoms with Crippen molar-refractivity contribution in [2.24, 2.45) is 23.7 Å². The van der Waals surface area contributed by atoms with E-state index in [1.807, 2.05) is 0 Å². The molecule has 0 bridgehead atoms. The maximum atomic E-state index is 2.40. The van der Waals surface area contributed by atoms with Gasteiger partial charge in [-0.05, 0) is 30.1 Å². The zero-order valence-electron chi connectivity index (χ0n) is 10.4. The maximum Gasteiger partial charge on any atom is -0.0389 e. The van der Waals surface area contributed by atoms with Gasteiger partial charge in [0.25, 0.3) is 0 Å². The molecule has 0 saturated carbocycles. The van der Waals surface area contributed by atoms with Gasteiger partial charge < -0.3 is 0 Å². The van der Waals surface area contributed by atoms with E-state index in [-0.39, 0.29) is 0 Å². The molecule has 0 N–H and O–H groups in total. The van der Waals surface area contributed by atoms with Crippen molar-refractivity contribution in [2.45, 2.75) is 60.8 Å². The fourth-order valence-corrected chi connectivity index (χ4v) is 1.88. The molecule has 3 unspecified atom stereocenters. The van der Waals surface area contributed by atoms with Crippen molar-refractivity contribution in [1.82, 2.24) is 0 Å². The van der Waals surface area contributed by atoms with Gasteiger partial charge in [0, 0.05) is 0 Å². The lowest BCUT2D eigenvalue weighted by Gasteiger charge is -2.26. The molecule has 0 aromatic rings. The van der Waals surface area contributed by atoms with Gasteiger partial charge in [0.15, 0.2) is 0 Å². The molecule has 80 valence electrons. The first-order valence-corrected chi connectivity index (χ1v) is 6.02. The van der Waals surface area contributed by atoms with Crippen LogP contribution in [-0.2, 0) is 0 Å². The Kier molecular flexibility index (Phi) is 6.45. The summed E-state index contributed by atoms with van der Waals surface area (Å²) in [7, 11) is 0. The molecule has 0 aromatic heterocycles. The lowest BCUT2D eigenvalue weighted by molar-refractivity contribution is 0.244. The molecule has 0 radical (unpaired) electrons. The molecule has 0 amide bonds. The summed E-state index contributed by atoms with van der Waals surface area (Å²) >= 11 is 0. The third-order valence-corrected chi connectivity index (χ3v) is 3.79. The Hall–Kier alpha value is 0. The van der Waals surface area contributed by atoms with Gasteiger partial charge in [-0.3, -0.25) is 0 Å². The van der Waals surface area contributed by atoms with E-state index < -0.39 is 0 Å². The Balaban J connectivity index is 3.97. The smallest absolute Gasteiger partial charge is 0.0389 e. The van der Waals surface area contributed by atoms with Crippen LogP contribution in [0.2, 0.25) is 0 Å². The quantitative estimate of drug-likeness (QED) is 0.559. The molecule has 3 atom stereocenters. The molecule has 0 fully saturated rings. The summed E-state index contributed by atoms with van der Waals surface area (Å²) in [6.45, 7) is 14.1. The van der Waals surface area contributed by atoms with Crippen molar-refractivity contribution >= 4 is 0 Å². The summed E-state index contributed by atoms with van der Waals surface area (Å²) in [4.78, 5) is 0. The molecule has 0 aromatic carbocycles. The van der Waals surface area contributed by atoms with Crippen molar-refractivity contribution in [3.63, 3.8) is 0 Å². The second-order valence-corrected chi connectivity index (χ2v) is 5.01. The predicted molar refractivity (Wildman–Crippen MR) is 61.9 cm³/mol. The third kappa shape index (κ3) is 4.69. The van der Waals surface area contributed by atoms with Crippen molar-refractivity contribution in [2.75, 3.05) is 0 Å². The van der Waals surface area contributed by atoms with Gasteiger partial charge in [-0.1, -0.05) is 54.4 Å². The topological polar surface area (TPSA) is 0 Å². The molecular formula is C13H28. The normalized spacial score (nSPS) is 18.7. The van der Waals surface area contributed by atoms with Crippen LogP contribution in [0.1, 0.15) is 60.8 Å².